The van der Waals surface area contributed by atoms with Gasteiger partial charge >= 0.3 is 0 Å². The maximum atomic E-state index is 5.87. The second kappa shape index (κ2) is 5.67. The third-order valence-electron chi connectivity index (χ3n) is 1.97. The van der Waals surface area contributed by atoms with E-state index in [4.69, 9.17) is 27.9 Å². The topological polar surface area (TPSA) is 35.0 Å². The van der Waals surface area contributed by atoms with Crippen LogP contribution in [-0.4, -0.2) is 9.97 Å². The van der Waals surface area contributed by atoms with Gasteiger partial charge in [0.05, 0.1) is 6.20 Å². The van der Waals surface area contributed by atoms with Crippen LogP contribution < -0.4 is 4.74 Å². The molecule has 88 valence electrons. The van der Waals surface area contributed by atoms with Gasteiger partial charge in [-0.2, -0.15) is 4.98 Å². The molecule has 6 heteroatoms. The summed E-state index contributed by atoms with van der Waals surface area (Å²) >= 11 is 14.9. The molecule has 0 aliphatic rings. The molecular weight excluding hydrogens is 327 g/mol. The Labute approximate surface area is 117 Å². The van der Waals surface area contributed by atoms with E-state index >= 15 is 0 Å². The quantitative estimate of drug-likeness (QED) is 0.792. The zero-order chi connectivity index (χ0) is 12.3. The first-order valence-electron chi connectivity index (χ1n) is 4.70. The average Bonchev–Trinajstić information content (AvgIpc) is 2.32. The fraction of sp³-hybridized carbons (Fsp3) is 0.0909. The molecule has 2 aromatic rings. The van der Waals surface area contributed by atoms with E-state index in [1.54, 1.807) is 0 Å². The van der Waals surface area contributed by atoms with E-state index in [1.165, 1.54) is 6.20 Å². The summed E-state index contributed by atoms with van der Waals surface area (Å²) in [7, 11) is 0. The van der Waals surface area contributed by atoms with Crippen LogP contribution in [0.1, 0.15) is 5.56 Å². The lowest BCUT2D eigenvalue weighted by molar-refractivity contribution is 0.293. The number of rotatable bonds is 3. The van der Waals surface area contributed by atoms with Crippen LogP contribution in [0.2, 0.25) is 10.3 Å². The van der Waals surface area contributed by atoms with Gasteiger partial charge in [0, 0.05) is 4.47 Å². The molecule has 1 aromatic heterocycles. The molecule has 0 saturated heterocycles. The minimum Gasteiger partial charge on any atom is -0.472 e. The summed E-state index contributed by atoms with van der Waals surface area (Å²) in [6.07, 6.45) is 1.41. The number of benzene rings is 1. The SMILES string of the molecule is Clc1ncc(Cl)c(OCc2ccc(Br)cc2)n1. The zero-order valence-electron chi connectivity index (χ0n) is 8.53. The second-order valence-corrected chi connectivity index (χ2v) is 4.87. The second-order valence-electron chi connectivity index (χ2n) is 3.21. The molecule has 0 aliphatic heterocycles. The Hall–Kier alpha value is -0.840. The van der Waals surface area contributed by atoms with Crippen LogP contribution in [0.5, 0.6) is 5.88 Å². The first-order valence-corrected chi connectivity index (χ1v) is 6.25. The third-order valence-corrected chi connectivity index (χ3v) is 2.94. The minimum atomic E-state index is 0.111. The van der Waals surface area contributed by atoms with Crippen LogP contribution in [0.4, 0.5) is 0 Å². The van der Waals surface area contributed by atoms with E-state index in [0.29, 0.717) is 11.6 Å². The minimum absolute atomic E-state index is 0.111. The number of hydrogen-bond acceptors (Lipinski definition) is 3. The van der Waals surface area contributed by atoms with E-state index < -0.39 is 0 Å². The Morgan fingerprint density at radius 2 is 1.88 bits per heavy atom. The van der Waals surface area contributed by atoms with Crippen molar-refractivity contribution in [1.82, 2.24) is 9.97 Å². The van der Waals surface area contributed by atoms with Crippen molar-refractivity contribution in [3.63, 3.8) is 0 Å². The van der Waals surface area contributed by atoms with Gasteiger partial charge in [0.1, 0.15) is 11.6 Å². The molecule has 3 nitrogen and oxygen atoms in total. The number of hydrogen-bond donors (Lipinski definition) is 0. The Kier molecular flexibility index (Phi) is 4.20. The van der Waals surface area contributed by atoms with Crippen LogP contribution in [0.15, 0.2) is 34.9 Å². The Morgan fingerprint density at radius 1 is 1.18 bits per heavy atom. The van der Waals surface area contributed by atoms with Gasteiger partial charge in [-0.25, -0.2) is 4.98 Å². The first-order chi connectivity index (χ1) is 8.15. The predicted octanol–water partition coefficient (Wildman–Crippen LogP) is 4.12. The van der Waals surface area contributed by atoms with Gasteiger partial charge in [0.15, 0.2) is 0 Å². The van der Waals surface area contributed by atoms with E-state index in [-0.39, 0.29) is 11.2 Å². The Morgan fingerprint density at radius 3 is 2.59 bits per heavy atom. The molecule has 0 atom stereocenters. The lowest BCUT2D eigenvalue weighted by Gasteiger charge is -2.06. The summed E-state index contributed by atoms with van der Waals surface area (Å²) in [4.78, 5) is 7.64. The van der Waals surface area contributed by atoms with Gasteiger partial charge in [-0.3, -0.25) is 0 Å². The fourth-order valence-electron chi connectivity index (χ4n) is 1.16. The van der Waals surface area contributed by atoms with Crippen molar-refractivity contribution >= 4 is 39.1 Å². The summed E-state index contributed by atoms with van der Waals surface area (Å²) in [5, 5.41) is 0.451. The molecule has 1 aromatic carbocycles. The number of ether oxygens (including phenoxy) is 1. The van der Waals surface area contributed by atoms with Crippen molar-refractivity contribution in [3.05, 3.63) is 50.8 Å². The van der Waals surface area contributed by atoms with E-state index in [0.717, 1.165) is 10.0 Å². The highest BCUT2D eigenvalue weighted by Gasteiger charge is 2.05. The molecule has 0 saturated carbocycles. The molecule has 0 N–H and O–H groups in total. The largest absolute Gasteiger partial charge is 0.472 e. The van der Waals surface area contributed by atoms with Crippen LogP contribution in [0, 0.1) is 0 Å². The summed E-state index contributed by atoms with van der Waals surface area (Å²) in [5.74, 6) is 0.287. The average molecular weight is 334 g/mol. The van der Waals surface area contributed by atoms with Gasteiger partial charge in [0.25, 0.3) is 0 Å². The molecular formula is C11H7BrCl2N2O. The van der Waals surface area contributed by atoms with Crippen LogP contribution in [0.25, 0.3) is 0 Å². The van der Waals surface area contributed by atoms with Crippen LogP contribution in [-0.2, 0) is 6.61 Å². The normalized spacial score (nSPS) is 10.3. The smallest absolute Gasteiger partial charge is 0.237 e. The van der Waals surface area contributed by atoms with Crippen molar-refractivity contribution in [3.8, 4) is 5.88 Å². The van der Waals surface area contributed by atoms with Crippen LogP contribution in [0.3, 0.4) is 0 Å². The first kappa shape index (κ1) is 12.6. The number of aromatic nitrogens is 2. The standard InChI is InChI=1S/C11H7BrCl2N2O/c12-8-3-1-7(2-4-8)6-17-10-9(13)5-15-11(14)16-10/h1-5H,6H2. The van der Waals surface area contributed by atoms with E-state index in [2.05, 4.69) is 25.9 Å². The lowest BCUT2D eigenvalue weighted by Crippen LogP contribution is -1.98. The Balaban J connectivity index is 2.07. The molecule has 0 unspecified atom stereocenters. The summed E-state index contributed by atoms with van der Waals surface area (Å²) in [5.41, 5.74) is 1.01. The van der Waals surface area contributed by atoms with Gasteiger partial charge < -0.3 is 4.74 Å². The number of halogens is 3. The highest BCUT2D eigenvalue weighted by molar-refractivity contribution is 9.10. The highest BCUT2D eigenvalue weighted by Crippen LogP contribution is 2.23. The van der Waals surface area contributed by atoms with Crippen molar-refractivity contribution in [2.75, 3.05) is 0 Å². The summed E-state index contributed by atoms with van der Waals surface area (Å²) < 4.78 is 6.48. The van der Waals surface area contributed by atoms with Gasteiger partial charge in [-0.05, 0) is 29.3 Å². The van der Waals surface area contributed by atoms with E-state index in [1.807, 2.05) is 24.3 Å². The van der Waals surface area contributed by atoms with E-state index in [9.17, 15) is 0 Å². The van der Waals surface area contributed by atoms with Gasteiger partial charge in [-0.15, -0.1) is 0 Å². The van der Waals surface area contributed by atoms with Crippen molar-refractivity contribution in [2.24, 2.45) is 0 Å². The monoisotopic (exact) mass is 332 g/mol. The fourth-order valence-corrected chi connectivity index (χ4v) is 1.70. The molecule has 0 radical (unpaired) electrons. The lowest BCUT2D eigenvalue weighted by atomic mass is 10.2. The van der Waals surface area contributed by atoms with Crippen molar-refractivity contribution < 1.29 is 4.74 Å². The molecule has 0 fully saturated rings. The zero-order valence-corrected chi connectivity index (χ0v) is 11.6. The van der Waals surface area contributed by atoms with Crippen molar-refractivity contribution in [1.29, 1.82) is 0 Å². The molecule has 0 spiro atoms. The van der Waals surface area contributed by atoms with Gasteiger partial charge in [-0.1, -0.05) is 39.7 Å². The molecule has 0 aliphatic carbocycles. The third kappa shape index (κ3) is 3.56. The molecule has 17 heavy (non-hydrogen) atoms. The predicted molar refractivity (Wildman–Crippen MR) is 70.5 cm³/mol. The maximum Gasteiger partial charge on any atom is 0.237 e. The number of nitrogens with zero attached hydrogens (tertiary/aromatic N) is 2. The summed E-state index contributed by atoms with van der Waals surface area (Å²) in [6.45, 7) is 0.375. The Bertz CT molecular complexity index is 519. The maximum absolute atomic E-state index is 5.87. The van der Waals surface area contributed by atoms with Gasteiger partial charge in [0.2, 0.25) is 11.2 Å². The highest BCUT2D eigenvalue weighted by atomic mass is 79.9. The van der Waals surface area contributed by atoms with Crippen molar-refractivity contribution in [2.45, 2.75) is 6.61 Å². The van der Waals surface area contributed by atoms with Crippen LogP contribution >= 0.6 is 39.1 Å². The molecule has 2 rings (SSSR count). The molecule has 0 bridgehead atoms. The molecule has 1 heterocycles. The molecule has 0 amide bonds. The summed E-state index contributed by atoms with van der Waals surface area (Å²) in [6, 6.07) is 7.77.